The fraction of sp³-hybridized carbons (Fsp3) is 0.318. The molecule has 0 radical (unpaired) electrons. The molecule has 3 aromatic rings. The lowest BCUT2D eigenvalue weighted by Gasteiger charge is -2.15. The largest absolute Gasteiger partial charge is 0.349 e. The second kappa shape index (κ2) is 8.97. The van der Waals surface area contributed by atoms with Crippen molar-refractivity contribution in [2.75, 3.05) is 19.4 Å². The highest BCUT2D eigenvalue weighted by Crippen LogP contribution is 2.28. The van der Waals surface area contributed by atoms with E-state index >= 15 is 0 Å². The number of anilines is 2. The van der Waals surface area contributed by atoms with Crippen LogP contribution in [0.15, 0.2) is 41.8 Å². The van der Waals surface area contributed by atoms with Crippen LogP contribution in [-0.2, 0) is 24.1 Å². The van der Waals surface area contributed by atoms with Crippen molar-refractivity contribution >= 4 is 28.7 Å². The van der Waals surface area contributed by atoms with E-state index in [1.807, 2.05) is 41.8 Å². The van der Waals surface area contributed by atoms with Gasteiger partial charge >= 0.3 is 0 Å². The van der Waals surface area contributed by atoms with Gasteiger partial charge in [0.1, 0.15) is 5.82 Å². The maximum atomic E-state index is 11.9. The summed E-state index contributed by atoms with van der Waals surface area (Å²) in [6, 6.07) is 12.0. The van der Waals surface area contributed by atoms with Gasteiger partial charge in [0.05, 0.1) is 11.3 Å². The molecule has 5 nitrogen and oxygen atoms in total. The molecule has 6 heteroatoms. The number of likely N-dealkylation sites (N-methyl/N-ethyl adjacent to an activating group) is 1. The van der Waals surface area contributed by atoms with Crippen LogP contribution in [0.2, 0.25) is 0 Å². The standard InChI is InChI=1S/C22H26N4OS/c1-5-17-18(6-2)24-22(19-8-7-13-28-19)25-21(17)23-16-11-9-15(10-12-16)14-20(27)26(3)4/h7-13H,5-6,14H2,1-4H3,(H,23,24,25). The number of rotatable bonds is 7. The maximum Gasteiger partial charge on any atom is 0.226 e. The highest BCUT2D eigenvalue weighted by atomic mass is 32.1. The van der Waals surface area contributed by atoms with Crippen LogP contribution in [0.25, 0.3) is 10.7 Å². The Labute approximate surface area is 170 Å². The number of amides is 1. The summed E-state index contributed by atoms with van der Waals surface area (Å²) in [6.45, 7) is 4.25. The van der Waals surface area contributed by atoms with Gasteiger partial charge in [0.15, 0.2) is 5.82 Å². The van der Waals surface area contributed by atoms with E-state index in [1.54, 1.807) is 30.3 Å². The SMILES string of the molecule is CCc1nc(-c2cccs2)nc(Nc2ccc(CC(=O)N(C)C)cc2)c1CC. The van der Waals surface area contributed by atoms with Crippen LogP contribution >= 0.6 is 11.3 Å². The molecule has 0 fully saturated rings. The molecule has 28 heavy (non-hydrogen) atoms. The molecule has 0 unspecified atom stereocenters. The van der Waals surface area contributed by atoms with Crippen LogP contribution < -0.4 is 5.32 Å². The molecule has 0 saturated heterocycles. The van der Waals surface area contributed by atoms with Gasteiger partial charge in [0.25, 0.3) is 0 Å². The Morgan fingerprint density at radius 2 is 1.82 bits per heavy atom. The summed E-state index contributed by atoms with van der Waals surface area (Å²) in [7, 11) is 3.55. The number of thiophene rings is 1. The predicted octanol–water partition coefficient (Wildman–Crippen LogP) is 4.70. The minimum atomic E-state index is 0.0953. The van der Waals surface area contributed by atoms with E-state index in [4.69, 9.17) is 9.97 Å². The molecule has 0 spiro atoms. The van der Waals surface area contributed by atoms with Gasteiger partial charge in [-0.3, -0.25) is 4.79 Å². The van der Waals surface area contributed by atoms with Crippen molar-refractivity contribution < 1.29 is 4.79 Å². The third kappa shape index (κ3) is 4.57. The first kappa shape index (κ1) is 20.0. The number of hydrogen-bond acceptors (Lipinski definition) is 5. The molecule has 0 aliphatic carbocycles. The lowest BCUT2D eigenvalue weighted by atomic mass is 10.1. The van der Waals surface area contributed by atoms with Gasteiger partial charge in [0.2, 0.25) is 5.91 Å². The predicted molar refractivity (Wildman–Crippen MR) is 116 cm³/mol. The minimum absolute atomic E-state index is 0.0953. The van der Waals surface area contributed by atoms with E-state index in [9.17, 15) is 4.79 Å². The normalized spacial score (nSPS) is 10.7. The monoisotopic (exact) mass is 394 g/mol. The first-order valence-electron chi connectivity index (χ1n) is 9.51. The number of nitrogens with zero attached hydrogens (tertiary/aromatic N) is 3. The Morgan fingerprint density at radius 1 is 1.07 bits per heavy atom. The van der Waals surface area contributed by atoms with Gasteiger partial charge in [-0.25, -0.2) is 9.97 Å². The zero-order chi connectivity index (χ0) is 20.1. The van der Waals surface area contributed by atoms with Crippen molar-refractivity contribution in [2.45, 2.75) is 33.1 Å². The van der Waals surface area contributed by atoms with Crippen molar-refractivity contribution in [3.63, 3.8) is 0 Å². The molecule has 3 rings (SSSR count). The lowest BCUT2D eigenvalue weighted by molar-refractivity contribution is -0.127. The van der Waals surface area contributed by atoms with E-state index in [-0.39, 0.29) is 5.91 Å². The smallest absolute Gasteiger partial charge is 0.226 e. The molecule has 0 atom stereocenters. The van der Waals surface area contributed by atoms with Gasteiger partial charge < -0.3 is 10.2 Å². The number of carbonyl (C=O) groups is 1. The summed E-state index contributed by atoms with van der Waals surface area (Å²) in [5, 5.41) is 5.50. The average Bonchev–Trinajstić information content (AvgIpc) is 3.23. The summed E-state index contributed by atoms with van der Waals surface area (Å²) in [6.07, 6.45) is 2.14. The van der Waals surface area contributed by atoms with Crippen LogP contribution in [0.1, 0.15) is 30.7 Å². The van der Waals surface area contributed by atoms with Crippen LogP contribution in [0.3, 0.4) is 0 Å². The second-order valence-corrected chi connectivity index (χ2v) is 7.74. The summed E-state index contributed by atoms with van der Waals surface area (Å²) < 4.78 is 0. The second-order valence-electron chi connectivity index (χ2n) is 6.79. The topological polar surface area (TPSA) is 58.1 Å². The van der Waals surface area contributed by atoms with Gasteiger partial charge in [-0.1, -0.05) is 32.0 Å². The zero-order valence-electron chi connectivity index (χ0n) is 16.8. The molecule has 2 aromatic heterocycles. The number of carbonyl (C=O) groups excluding carboxylic acids is 1. The molecular weight excluding hydrogens is 368 g/mol. The molecule has 0 aliphatic heterocycles. The van der Waals surface area contributed by atoms with Gasteiger partial charge in [-0.05, 0) is 42.0 Å². The summed E-state index contributed by atoms with van der Waals surface area (Å²) in [5.74, 6) is 1.72. The van der Waals surface area contributed by atoms with E-state index in [1.165, 1.54) is 0 Å². The zero-order valence-corrected chi connectivity index (χ0v) is 17.6. The van der Waals surface area contributed by atoms with Gasteiger partial charge in [-0.15, -0.1) is 11.3 Å². The van der Waals surface area contributed by atoms with Crippen LogP contribution in [0, 0.1) is 0 Å². The molecule has 1 aromatic carbocycles. The maximum absolute atomic E-state index is 11.9. The fourth-order valence-electron chi connectivity index (χ4n) is 2.99. The fourth-order valence-corrected chi connectivity index (χ4v) is 3.65. The Hall–Kier alpha value is -2.73. The first-order valence-corrected chi connectivity index (χ1v) is 10.4. The Balaban J connectivity index is 1.88. The number of benzene rings is 1. The Kier molecular flexibility index (Phi) is 6.41. The van der Waals surface area contributed by atoms with E-state index < -0.39 is 0 Å². The average molecular weight is 395 g/mol. The van der Waals surface area contributed by atoms with E-state index in [0.717, 1.165) is 51.9 Å². The molecule has 0 aliphatic rings. The molecule has 1 N–H and O–H groups in total. The van der Waals surface area contributed by atoms with Crippen LogP contribution in [0.5, 0.6) is 0 Å². The van der Waals surface area contributed by atoms with Crippen molar-refractivity contribution in [3.05, 3.63) is 58.6 Å². The number of aryl methyl sites for hydroxylation is 1. The van der Waals surface area contributed by atoms with Crippen molar-refractivity contribution in [3.8, 4) is 10.7 Å². The van der Waals surface area contributed by atoms with E-state index in [0.29, 0.717) is 6.42 Å². The Bertz CT molecular complexity index is 934. The molecular formula is C22H26N4OS. The molecule has 146 valence electrons. The number of aromatic nitrogens is 2. The molecule has 0 bridgehead atoms. The lowest BCUT2D eigenvalue weighted by Crippen LogP contribution is -2.23. The first-order chi connectivity index (χ1) is 13.5. The molecule has 2 heterocycles. The van der Waals surface area contributed by atoms with Gasteiger partial charge in [0, 0.05) is 31.0 Å². The summed E-state index contributed by atoms with van der Waals surface area (Å²) >= 11 is 1.64. The van der Waals surface area contributed by atoms with Crippen LogP contribution in [-0.4, -0.2) is 34.9 Å². The number of nitrogens with one attached hydrogen (secondary N) is 1. The van der Waals surface area contributed by atoms with Gasteiger partial charge in [-0.2, -0.15) is 0 Å². The highest BCUT2D eigenvalue weighted by Gasteiger charge is 2.14. The quantitative estimate of drug-likeness (QED) is 0.631. The van der Waals surface area contributed by atoms with Crippen LogP contribution in [0.4, 0.5) is 11.5 Å². The minimum Gasteiger partial charge on any atom is -0.349 e. The molecule has 1 amide bonds. The van der Waals surface area contributed by atoms with Crippen molar-refractivity contribution in [1.82, 2.24) is 14.9 Å². The third-order valence-electron chi connectivity index (χ3n) is 4.59. The molecule has 0 saturated carbocycles. The Morgan fingerprint density at radius 3 is 2.39 bits per heavy atom. The number of hydrogen-bond donors (Lipinski definition) is 1. The highest BCUT2D eigenvalue weighted by molar-refractivity contribution is 7.13. The summed E-state index contributed by atoms with van der Waals surface area (Å²) in [5.41, 5.74) is 4.18. The van der Waals surface area contributed by atoms with Crippen molar-refractivity contribution in [1.29, 1.82) is 0 Å². The van der Waals surface area contributed by atoms with E-state index in [2.05, 4.69) is 19.2 Å². The van der Waals surface area contributed by atoms with Crippen molar-refractivity contribution in [2.24, 2.45) is 0 Å². The summed E-state index contributed by atoms with van der Waals surface area (Å²) in [4.78, 5) is 24.2. The third-order valence-corrected chi connectivity index (χ3v) is 5.46.